The zero-order chi connectivity index (χ0) is 13.9. The minimum atomic E-state index is -3.30. The third kappa shape index (κ3) is 4.15. The maximum Gasteiger partial charge on any atom is 0.279 e. The van der Waals surface area contributed by atoms with Gasteiger partial charge in [0.1, 0.15) is 0 Å². The zero-order valence-corrected chi connectivity index (χ0v) is 12.7. The summed E-state index contributed by atoms with van der Waals surface area (Å²) in [5.41, 5.74) is 5.66. The van der Waals surface area contributed by atoms with Crippen LogP contribution in [0.2, 0.25) is 0 Å². The Morgan fingerprint density at radius 1 is 1.26 bits per heavy atom. The van der Waals surface area contributed by atoms with Crippen LogP contribution in [0.4, 0.5) is 0 Å². The minimum absolute atomic E-state index is 0.317. The maximum atomic E-state index is 12.3. The highest BCUT2D eigenvalue weighted by Gasteiger charge is 2.29. The van der Waals surface area contributed by atoms with E-state index >= 15 is 0 Å². The van der Waals surface area contributed by atoms with Crippen LogP contribution < -0.4 is 10.5 Å². The van der Waals surface area contributed by atoms with Crippen LogP contribution in [-0.4, -0.2) is 38.9 Å². The average Bonchev–Trinajstić information content (AvgIpc) is 2.82. The molecule has 3 atom stereocenters. The molecule has 5 nitrogen and oxygen atoms in total. The highest BCUT2D eigenvalue weighted by Crippen LogP contribution is 2.29. The van der Waals surface area contributed by atoms with Crippen LogP contribution in [0.15, 0.2) is 0 Å². The number of nitrogens with zero attached hydrogens (tertiary/aromatic N) is 1. The highest BCUT2D eigenvalue weighted by atomic mass is 32.2. The minimum Gasteiger partial charge on any atom is -0.330 e. The summed E-state index contributed by atoms with van der Waals surface area (Å²) in [6, 6.07) is 0. The Morgan fingerprint density at radius 3 is 2.68 bits per heavy atom. The van der Waals surface area contributed by atoms with Gasteiger partial charge in [-0.2, -0.15) is 12.7 Å². The van der Waals surface area contributed by atoms with E-state index in [4.69, 9.17) is 5.73 Å². The van der Waals surface area contributed by atoms with Crippen LogP contribution in [0.5, 0.6) is 0 Å². The molecule has 0 aromatic heterocycles. The molecule has 0 bridgehead atoms. The van der Waals surface area contributed by atoms with Crippen molar-refractivity contribution in [1.29, 1.82) is 0 Å². The second-order valence-corrected chi connectivity index (χ2v) is 7.99. The van der Waals surface area contributed by atoms with Gasteiger partial charge in [-0.25, -0.2) is 4.72 Å². The summed E-state index contributed by atoms with van der Waals surface area (Å²) in [4.78, 5) is 0. The number of rotatable bonds is 5. The molecule has 1 aliphatic heterocycles. The highest BCUT2D eigenvalue weighted by molar-refractivity contribution is 7.87. The van der Waals surface area contributed by atoms with E-state index in [1.54, 1.807) is 4.31 Å². The molecule has 19 heavy (non-hydrogen) atoms. The first-order valence-electron chi connectivity index (χ1n) is 7.46. The van der Waals surface area contributed by atoms with E-state index in [1.165, 1.54) is 6.42 Å². The van der Waals surface area contributed by atoms with Gasteiger partial charge in [0.25, 0.3) is 10.2 Å². The average molecular weight is 289 g/mol. The standard InChI is InChI=1S/C13H27N3O2S/c1-11-4-5-12(7-11)9-15-19(17,18)16-6-2-3-13(8-14)10-16/h11-13,15H,2-10,14H2,1H3. The van der Waals surface area contributed by atoms with E-state index in [2.05, 4.69) is 11.6 Å². The molecule has 2 rings (SSSR count). The van der Waals surface area contributed by atoms with Crippen molar-refractivity contribution in [3.63, 3.8) is 0 Å². The van der Waals surface area contributed by atoms with Crippen LogP contribution in [0.25, 0.3) is 0 Å². The molecule has 3 unspecified atom stereocenters. The third-order valence-corrected chi connectivity index (χ3v) is 6.06. The molecule has 1 aliphatic carbocycles. The Labute approximate surface area is 117 Å². The zero-order valence-electron chi connectivity index (χ0n) is 11.8. The lowest BCUT2D eigenvalue weighted by Gasteiger charge is -2.31. The lowest BCUT2D eigenvalue weighted by atomic mass is 10.0. The first-order chi connectivity index (χ1) is 9.01. The SMILES string of the molecule is CC1CCC(CNS(=O)(=O)N2CCCC(CN)C2)C1. The third-order valence-electron chi connectivity index (χ3n) is 4.51. The summed E-state index contributed by atoms with van der Waals surface area (Å²) in [5.74, 6) is 1.57. The van der Waals surface area contributed by atoms with Crippen molar-refractivity contribution in [2.24, 2.45) is 23.5 Å². The molecule has 0 amide bonds. The summed E-state index contributed by atoms with van der Waals surface area (Å²) in [6.07, 6.45) is 5.49. The normalized spacial score (nSPS) is 33.7. The quantitative estimate of drug-likeness (QED) is 0.790. The van der Waals surface area contributed by atoms with E-state index < -0.39 is 10.2 Å². The van der Waals surface area contributed by atoms with Gasteiger partial charge in [0.05, 0.1) is 0 Å². The van der Waals surface area contributed by atoms with E-state index in [-0.39, 0.29) is 0 Å². The second-order valence-electron chi connectivity index (χ2n) is 6.24. The van der Waals surface area contributed by atoms with Crippen molar-refractivity contribution < 1.29 is 8.42 Å². The summed E-state index contributed by atoms with van der Waals surface area (Å²) in [6.45, 7) is 4.62. The van der Waals surface area contributed by atoms with Gasteiger partial charge in [0.2, 0.25) is 0 Å². The molecule has 112 valence electrons. The molecule has 1 heterocycles. The number of piperidine rings is 1. The van der Waals surface area contributed by atoms with Crippen molar-refractivity contribution in [2.45, 2.75) is 39.0 Å². The summed E-state index contributed by atoms with van der Waals surface area (Å²) in [5, 5.41) is 0. The molecule has 0 radical (unpaired) electrons. The fourth-order valence-corrected chi connectivity index (χ4v) is 4.67. The number of hydrogen-bond donors (Lipinski definition) is 2. The lowest BCUT2D eigenvalue weighted by Crippen LogP contribution is -2.48. The van der Waals surface area contributed by atoms with Crippen molar-refractivity contribution in [1.82, 2.24) is 9.03 Å². The van der Waals surface area contributed by atoms with Crippen molar-refractivity contribution in [2.75, 3.05) is 26.2 Å². The molecular weight excluding hydrogens is 262 g/mol. The molecule has 6 heteroatoms. The maximum absolute atomic E-state index is 12.3. The van der Waals surface area contributed by atoms with Gasteiger partial charge in [-0.3, -0.25) is 0 Å². The van der Waals surface area contributed by atoms with E-state index in [0.29, 0.717) is 38.0 Å². The topological polar surface area (TPSA) is 75.4 Å². The lowest BCUT2D eigenvalue weighted by molar-refractivity contribution is 0.268. The fourth-order valence-electron chi connectivity index (χ4n) is 3.26. The predicted molar refractivity (Wildman–Crippen MR) is 76.8 cm³/mol. The monoisotopic (exact) mass is 289 g/mol. The first kappa shape index (κ1) is 15.2. The largest absolute Gasteiger partial charge is 0.330 e. The smallest absolute Gasteiger partial charge is 0.279 e. The molecule has 0 spiro atoms. The van der Waals surface area contributed by atoms with Gasteiger partial charge in [0, 0.05) is 19.6 Å². The van der Waals surface area contributed by atoms with E-state index in [9.17, 15) is 8.42 Å². The second kappa shape index (κ2) is 6.52. The van der Waals surface area contributed by atoms with Crippen LogP contribution >= 0.6 is 0 Å². The van der Waals surface area contributed by atoms with Gasteiger partial charge in [0.15, 0.2) is 0 Å². The fraction of sp³-hybridized carbons (Fsp3) is 1.00. The van der Waals surface area contributed by atoms with Crippen LogP contribution in [0.1, 0.15) is 39.0 Å². The van der Waals surface area contributed by atoms with Crippen molar-refractivity contribution in [3.05, 3.63) is 0 Å². The molecular formula is C13H27N3O2S. The Bertz CT molecular complexity index is 385. The molecule has 0 aromatic rings. The van der Waals surface area contributed by atoms with Crippen LogP contribution in [-0.2, 0) is 10.2 Å². The van der Waals surface area contributed by atoms with E-state index in [1.807, 2.05) is 0 Å². The van der Waals surface area contributed by atoms with Gasteiger partial charge >= 0.3 is 0 Å². The molecule has 1 saturated carbocycles. The molecule has 3 N–H and O–H groups in total. The summed E-state index contributed by atoms with van der Waals surface area (Å²) >= 11 is 0. The van der Waals surface area contributed by atoms with Crippen molar-refractivity contribution >= 4 is 10.2 Å². The van der Waals surface area contributed by atoms with Gasteiger partial charge in [-0.15, -0.1) is 0 Å². The number of hydrogen-bond acceptors (Lipinski definition) is 3. The Balaban J connectivity index is 1.83. The molecule has 1 saturated heterocycles. The van der Waals surface area contributed by atoms with Crippen LogP contribution in [0.3, 0.4) is 0 Å². The van der Waals surface area contributed by atoms with Gasteiger partial charge < -0.3 is 5.73 Å². The summed E-state index contributed by atoms with van der Waals surface area (Å²) in [7, 11) is -3.30. The predicted octanol–water partition coefficient (Wildman–Crippen LogP) is 0.928. The van der Waals surface area contributed by atoms with E-state index in [0.717, 1.165) is 31.6 Å². The van der Waals surface area contributed by atoms with Crippen LogP contribution in [0, 0.1) is 17.8 Å². The first-order valence-corrected chi connectivity index (χ1v) is 8.90. The molecule has 2 fully saturated rings. The molecule has 2 aliphatic rings. The molecule has 0 aromatic carbocycles. The Kier molecular flexibility index (Phi) is 5.22. The number of nitrogens with two attached hydrogens (primary N) is 1. The summed E-state index contributed by atoms with van der Waals surface area (Å²) < 4.78 is 28.9. The Hall–Kier alpha value is -0.170. The van der Waals surface area contributed by atoms with Crippen molar-refractivity contribution in [3.8, 4) is 0 Å². The Morgan fingerprint density at radius 2 is 2.05 bits per heavy atom. The van der Waals surface area contributed by atoms with Gasteiger partial charge in [-0.1, -0.05) is 13.3 Å². The number of nitrogens with one attached hydrogen (secondary N) is 1. The van der Waals surface area contributed by atoms with Gasteiger partial charge in [-0.05, 0) is 50.0 Å².